The van der Waals surface area contributed by atoms with Crippen molar-refractivity contribution in [2.24, 2.45) is 0 Å². The minimum atomic E-state index is 0.950. The van der Waals surface area contributed by atoms with Crippen molar-refractivity contribution in [3.63, 3.8) is 0 Å². The normalized spacial score (nSPS) is 11.3. The van der Waals surface area contributed by atoms with E-state index in [1.807, 2.05) is 0 Å². The van der Waals surface area contributed by atoms with Crippen LogP contribution in [-0.4, -0.2) is 0 Å². The van der Waals surface area contributed by atoms with Crippen LogP contribution in [0.25, 0.3) is 0 Å². The number of hydrogen-bond acceptors (Lipinski definition) is 1. The molecule has 0 aliphatic rings. The standard InChI is InChI=1S/C40H66O/c1-3-5-7-9-11-13-15-17-19-21-23-26-31-37-32-30-36-40(41-38-33-27-25-28-34-38)39(37)35-29-24-22-20-18-16-14-12-10-8-6-4-2/h25,27-28,30,32-34,36H,3-24,26,29,31,35H2,1-2H3. The molecule has 232 valence electrons. The van der Waals surface area contributed by atoms with Crippen molar-refractivity contribution >= 4 is 0 Å². The van der Waals surface area contributed by atoms with E-state index in [4.69, 9.17) is 4.74 Å². The molecule has 0 fully saturated rings. The van der Waals surface area contributed by atoms with E-state index in [1.165, 1.54) is 172 Å². The maximum Gasteiger partial charge on any atom is 0.130 e. The third-order valence-electron chi connectivity index (χ3n) is 8.78. The monoisotopic (exact) mass is 563 g/mol. The minimum absolute atomic E-state index is 0.950. The molecule has 0 spiro atoms. The molecule has 0 heterocycles. The summed E-state index contributed by atoms with van der Waals surface area (Å²) in [6, 6.07) is 17.1. The zero-order valence-electron chi connectivity index (χ0n) is 27.4. The molecule has 0 unspecified atom stereocenters. The quantitative estimate of drug-likeness (QED) is 0.0937. The van der Waals surface area contributed by atoms with Gasteiger partial charge < -0.3 is 4.74 Å². The average molecular weight is 563 g/mol. The topological polar surface area (TPSA) is 9.23 Å². The Morgan fingerprint density at radius 3 is 1.27 bits per heavy atom. The largest absolute Gasteiger partial charge is 0.457 e. The number of unbranched alkanes of at least 4 members (excludes halogenated alkanes) is 22. The maximum atomic E-state index is 6.42. The summed E-state index contributed by atoms with van der Waals surface area (Å²) in [5, 5.41) is 0. The van der Waals surface area contributed by atoms with Gasteiger partial charge in [0.25, 0.3) is 0 Å². The Morgan fingerprint density at radius 1 is 0.390 bits per heavy atom. The van der Waals surface area contributed by atoms with E-state index >= 15 is 0 Å². The molecule has 0 bridgehead atoms. The van der Waals surface area contributed by atoms with Crippen LogP contribution in [0.15, 0.2) is 48.5 Å². The first-order valence-electron chi connectivity index (χ1n) is 18.2. The second kappa shape index (κ2) is 25.9. The molecule has 0 N–H and O–H groups in total. The van der Waals surface area contributed by atoms with Crippen LogP contribution in [0.4, 0.5) is 0 Å². The summed E-state index contributed by atoms with van der Waals surface area (Å²) in [6.45, 7) is 4.60. The van der Waals surface area contributed by atoms with Gasteiger partial charge in [0.1, 0.15) is 11.5 Å². The fourth-order valence-corrected chi connectivity index (χ4v) is 6.14. The van der Waals surface area contributed by atoms with E-state index in [-0.39, 0.29) is 0 Å². The van der Waals surface area contributed by atoms with Gasteiger partial charge >= 0.3 is 0 Å². The van der Waals surface area contributed by atoms with Crippen molar-refractivity contribution in [3.05, 3.63) is 59.7 Å². The van der Waals surface area contributed by atoms with Gasteiger partial charge in [-0.3, -0.25) is 0 Å². The Morgan fingerprint density at radius 2 is 0.805 bits per heavy atom. The van der Waals surface area contributed by atoms with Crippen LogP contribution >= 0.6 is 0 Å². The fraction of sp³-hybridized carbons (Fsp3) is 0.700. The van der Waals surface area contributed by atoms with Gasteiger partial charge in [-0.15, -0.1) is 0 Å². The molecule has 0 aromatic heterocycles. The second-order valence-corrected chi connectivity index (χ2v) is 12.6. The third-order valence-corrected chi connectivity index (χ3v) is 8.78. The van der Waals surface area contributed by atoms with Crippen LogP contribution in [0.1, 0.15) is 179 Å². The van der Waals surface area contributed by atoms with E-state index in [0.29, 0.717) is 0 Å². The molecule has 0 radical (unpaired) electrons. The number of aryl methyl sites for hydroxylation is 1. The average Bonchev–Trinajstić information content (AvgIpc) is 2.99. The fourth-order valence-electron chi connectivity index (χ4n) is 6.14. The van der Waals surface area contributed by atoms with E-state index in [9.17, 15) is 0 Å². The van der Waals surface area contributed by atoms with Crippen molar-refractivity contribution < 1.29 is 4.74 Å². The van der Waals surface area contributed by atoms with Crippen LogP contribution in [-0.2, 0) is 12.8 Å². The van der Waals surface area contributed by atoms with Crippen molar-refractivity contribution in [2.75, 3.05) is 0 Å². The molecule has 0 aliphatic carbocycles. The zero-order chi connectivity index (χ0) is 29.1. The molecule has 0 aliphatic heterocycles. The lowest BCUT2D eigenvalue weighted by atomic mass is 9.95. The molecule has 0 amide bonds. The summed E-state index contributed by atoms with van der Waals surface area (Å²) in [5.74, 6) is 2.03. The lowest BCUT2D eigenvalue weighted by Crippen LogP contribution is -1.99. The van der Waals surface area contributed by atoms with Crippen molar-refractivity contribution in [2.45, 2.75) is 181 Å². The highest BCUT2D eigenvalue weighted by Gasteiger charge is 2.11. The van der Waals surface area contributed by atoms with Gasteiger partial charge in [0, 0.05) is 0 Å². The van der Waals surface area contributed by atoms with E-state index < -0.39 is 0 Å². The molecule has 0 atom stereocenters. The van der Waals surface area contributed by atoms with Gasteiger partial charge in [0.05, 0.1) is 0 Å². The highest BCUT2D eigenvalue weighted by molar-refractivity contribution is 5.43. The molecular formula is C40H66O. The lowest BCUT2D eigenvalue weighted by Gasteiger charge is -2.16. The van der Waals surface area contributed by atoms with Crippen LogP contribution in [0.2, 0.25) is 0 Å². The van der Waals surface area contributed by atoms with Gasteiger partial charge in [-0.2, -0.15) is 0 Å². The smallest absolute Gasteiger partial charge is 0.130 e. The van der Waals surface area contributed by atoms with Crippen LogP contribution in [0, 0.1) is 0 Å². The van der Waals surface area contributed by atoms with Crippen molar-refractivity contribution in [3.8, 4) is 11.5 Å². The molecule has 2 rings (SSSR count). The highest BCUT2D eigenvalue weighted by Crippen LogP contribution is 2.30. The van der Waals surface area contributed by atoms with Gasteiger partial charge in [-0.1, -0.05) is 185 Å². The van der Waals surface area contributed by atoms with Crippen LogP contribution in [0.5, 0.6) is 11.5 Å². The Bertz CT molecular complexity index is 826. The predicted octanol–water partition coefficient (Wildman–Crippen LogP) is 14.0. The first kappa shape index (κ1) is 35.4. The van der Waals surface area contributed by atoms with Gasteiger partial charge in [-0.25, -0.2) is 0 Å². The number of ether oxygens (including phenoxy) is 1. The molecule has 1 heteroatoms. The summed E-state index contributed by atoms with van der Waals surface area (Å²) < 4.78 is 6.42. The number of rotatable bonds is 28. The highest BCUT2D eigenvalue weighted by atomic mass is 16.5. The van der Waals surface area contributed by atoms with Crippen molar-refractivity contribution in [1.82, 2.24) is 0 Å². The third kappa shape index (κ3) is 18.4. The Balaban J connectivity index is 1.70. The number of hydrogen-bond donors (Lipinski definition) is 0. The van der Waals surface area contributed by atoms with Gasteiger partial charge in [0.15, 0.2) is 0 Å². The Hall–Kier alpha value is -1.76. The van der Waals surface area contributed by atoms with Gasteiger partial charge in [0.2, 0.25) is 0 Å². The predicted molar refractivity (Wildman–Crippen MR) is 183 cm³/mol. The summed E-state index contributed by atoms with van der Waals surface area (Å²) in [4.78, 5) is 0. The van der Waals surface area contributed by atoms with E-state index in [2.05, 4.69) is 62.4 Å². The summed E-state index contributed by atoms with van der Waals surface area (Å²) in [5.41, 5.74) is 2.99. The molecule has 1 nitrogen and oxygen atoms in total. The Labute approximate surface area is 256 Å². The molecule has 2 aromatic rings. The van der Waals surface area contributed by atoms with Crippen LogP contribution < -0.4 is 4.74 Å². The van der Waals surface area contributed by atoms with E-state index in [0.717, 1.165) is 17.9 Å². The Kier molecular flexibility index (Phi) is 22.4. The zero-order valence-corrected chi connectivity index (χ0v) is 27.4. The molecule has 0 saturated carbocycles. The first-order chi connectivity index (χ1) is 20.3. The first-order valence-corrected chi connectivity index (χ1v) is 18.2. The minimum Gasteiger partial charge on any atom is -0.457 e. The molecule has 2 aromatic carbocycles. The number of benzene rings is 2. The SMILES string of the molecule is CCCCCCCCCCCCCCc1cccc(Oc2ccccc2)c1CCCCCCCCCCCCCC. The van der Waals surface area contributed by atoms with Crippen molar-refractivity contribution in [1.29, 1.82) is 0 Å². The molecule has 0 saturated heterocycles. The summed E-state index contributed by atoms with van der Waals surface area (Å²) in [7, 11) is 0. The second-order valence-electron chi connectivity index (χ2n) is 12.6. The lowest BCUT2D eigenvalue weighted by molar-refractivity contribution is 0.472. The van der Waals surface area contributed by atoms with Crippen LogP contribution in [0.3, 0.4) is 0 Å². The maximum absolute atomic E-state index is 6.42. The van der Waals surface area contributed by atoms with Gasteiger partial charge in [-0.05, 0) is 55.0 Å². The molecular weight excluding hydrogens is 496 g/mol. The molecule has 41 heavy (non-hydrogen) atoms. The summed E-state index contributed by atoms with van der Waals surface area (Å²) in [6.07, 6.45) is 36.0. The number of para-hydroxylation sites is 1. The summed E-state index contributed by atoms with van der Waals surface area (Å²) >= 11 is 0. The van der Waals surface area contributed by atoms with E-state index in [1.54, 1.807) is 0 Å².